The van der Waals surface area contributed by atoms with E-state index in [0.717, 1.165) is 22.2 Å². The molecule has 2 nitrogen and oxygen atoms in total. The molecule has 1 N–H and O–H groups in total. The molecule has 0 aliphatic heterocycles. The number of hydrogen-bond donors (Lipinski definition) is 1. The van der Waals surface area contributed by atoms with Gasteiger partial charge in [-0.25, -0.2) is 4.39 Å². The molecule has 3 rings (SSSR count). The molecule has 0 fully saturated rings. The number of rotatable bonds is 4. The first-order valence-electron chi connectivity index (χ1n) is 6.60. The van der Waals surface area contributed by atoms with Crippen molar-refractivity contribution in [1.82, 2.24) is 10.3 Å². The van der Waals surface area contributed by atoms with Crippen LogP contribution in [0, 0.1) is 5.82 Å². The standard InChI is InChI=1S/C16H15FN2S/c1-2-19-16(11-4-3-7-18-10-11)15-9-12-8-13(17)5-6-14(12)20-15/h3-10,16,19H,2H2,1H3. The fraction of sp³-hybridized carbons (Fsp3) is 0.188. The van der Waals surface area contributed by atoms with Gasteiger partial charge in [0, 0.05) is 22.0 Å². The van der Waals surface area contributed by atoms with E-state index in [4.69, 9.17) is 0 Å². The van der Waals surface area contributed by atoms with Gasteiger partial charge in [-0.2, -0.15) is 0 Å². The topological polar surface area (TPSA) is 24.9 Å². The maximum Gasteiger partial charge on any atom is 0.123 e. The van der Waals surface area contributed by atoms with E-state index in [1.807, 2.05) is 18.3 Å². The van der Waals surface area contributed by atoms with Crippen LogP contribution in [0.4, 0.5) is 4.39 Å². The Balaban J connectivity index is 2.05. The van der Waals surface area contributed by atoms with Gasteiger partial charge in [0.1, 0.15) is 5.82 Å². The fourth-order valence-electron chi connectivity index (χ4n) is 2.31. The third-order valence-electron chi connectivity index (χ3n) is 3.21. The molecule has 102 valence electrons. The van der Waals surface area contributed by atoms with E-state index in [1.54, 1.807) is 23.6 Å². The Kier molecular flexibility index (Phi) is 3.76. The minimum absolute atomic E-state index is 0.106. The third-order valence-corrected chi connectivity index (χ3v) is 4.39. The van der Waals surface area contributed by atoms with E-state index in [0.29, 0.717) is 0 Å². The molecule has 2 aromatic heterocycles. The van der Waals surface area contributed by atoms with Crippen molar-refractivity contribution in [2.45, 2.75) is 13.0 Å². The molecule has 1 atom stereocenters. The maximum absolute atomic E-state index is 13.3. The second kappa shape index (κ2) is 5.69. The molecule has 1 aromatic carbocycles. The molecule has 3 aromatic rings. The van der Waals surface area contributed by atoms with Gasteiger partial charge in [0.15, 0.2) is 0 Å². The Bertz CT molecular complexity index is 709. The lowest BCUT2D eigenvalue weighted by Crippen LogP contribution is -2.21. The zero-order valence-electron chi connectivity index (χ0n) is 11.1. The van der Waals surface area contributed by atoms with E-state index >= 15 is 0 Å². The minimum atomic E-state index is -0.191. The number of fused-ring (bicyclic) bond motifs is 1. The van der Waals surface area contributed by atoms with Crippen molar-refractivity contribution in [1.29, 1.82) is 0 Å². The average molecular weight is 286 g/mol. The third kappa shape index (κ3) is 2.57. The van der Waals surface area contributed by atoms with Gasteiger partial charge < -0.3 is 5.32 Å². The van der Waals surface area contributed by atoms with Crippen LogP contribution in [0.1, 0.15) is 23.4 Å². The van der Waals surface area contributed by atoms with Gasteiger partial charge >= 0.3 is 0 Å². The Morgan fingerprint density at radius 2 is 2.20 bits per heavy atom. The number of halogens is 1. The van der Waals surface area contributed by atoms with Crippen molar-refractivity contribution in [2.75, 3.05) is 6.54 Å². The Hall–Kier alpha value is -1.78. The highest BCUT2D eigenvalue weighted by atomic mass is 32.1. The van der Waals surface area contributed by atoms with Crippen LogP contribution in [-0.4, -0.2) is 11.5 Å². The van der Waals surface area contributed by atoms with Crippen LogP contribution in [0.5, 0.6) is 0 Å². The zero-order chi connectivity index (χ0) is 13.9. The summed E-state index contributed by atoms with van der Waals surface area (Å²) in [5, 5.41) is 4.42. The van der Waals surface area contributed by atoms with Crippen LogP contribution in [0.15, 0.2) is 48.8 Å². The first-order valence-corrected chi connectivity index (χ1v) is 7.42. The number of nitrogens with one attached hydrogen (secondary N) is 1. The van der Waals surface area contributed by atoms with Crippen molar-refractivity contribution >= 4 is 21.4 Å². The molecule has 0 spiro atoms. The number of pyridine rings is 1. The van der Waals surface area contributed by atoms with Gasteiger partial charge in [0.05, 0.1) is 6.04 Å². The SMILES string of the molecule is CCNC(c1cccnc1)c1cc2cc(F)ccc2s1. The van der Waals surface area contributed by atoms with E-state index in [2.05, 4.69) is 29.4 Å². The van der Waals surface area contributed by atoms with E-state index in [-0.39, 0.29) is 11.9 Å². The maximum atomic E-state index is 13.3. The van der Waals surface area contributed by atoms with E-state index in [9.17, 15) is 4.39 Å². The monoisotopic (exact) mass is 286 g/mol. The Morgan fingerprint density at radius 1 is 1.30 bits per heavy atom. The predicted molar refractivity (Wildman–Crippen MR) is 81.5 cm³/mol. The van der Waals surface area contributed by atoms with Crippen molar-refractivity contribution < 1.29 is 4.39 Å². The number of thiophene rings is 1. The molecule has 4 heteroatoms. The van der Waals surface area contributed by atoms with Gasteiger partial charge in [0.2, 0.25) is 0 Å². The summed E-state index contributed by atoms with van der Waals surface area (Å²) in [6.45, 7) is 2.94. The molecule has 2 heterocycles. The first kappa shape index (κ1) is 13.2. The highest BCUT2D eigenvalue weighted by Gasteiger charge is 2.16. The Morgan fingerprint density at radius 3 is 2.95 bits per heavy atom. The molecule has 20 heavy (non-hydrogen) atoms. The summed E-state index contributed by atoms with van der Waals surface area (Å²) < 4.78 is 14.4. The highest BCUT2D eigenvalue weighted by molar-refractivity contribution is 7.19. The summed E-state index contributed by atoms with van der Waals surface area (Å²) >= 11 is 1.69. The quantitative estimate of drug-likeness (QED) is 0.780. The lowest BCUT2D eigenvalue weighted by molar-refractivity contribution is 0.629. The van der Waals surface area contributed by atoms with E-state index < -0.39 is 0 Å². The molecular formula is C16H15FN2S. The summed E-state index contributed by atoms with van der Waals surface area (Å²) in [6.07, 6.45) is 3.64. The lowest BCUT2D eigenvalue weighted by Gasteiger charge is -2.16. The minimum Gasteiger partial charge on any atom is -0.306 e. The number of hydrogen-bond acceptors (Lipinski definition) is 3. The highest BCUT2D eigenvalue weighted by Crippen LogP contribution is 2.33. The molecular weight excluding hydrogens is 271 g/mol. The molecule has 0 radical (unpaired) electrons. The zero-order valence-corrected chi connectivity index (χ0v) is 12.0. The van der Waals surface area contributed by atoms with Crippen LogP contribution in [0.3, 0.4) is 0 Å². The molecule has 0 saturated heterocycles. The smallest absolute Gasteiger partial charge is 0.123 e. The molecule has 0 aliphatic rings. The van der Waals surface area contributed by atoms with Gasteiger partial charge in [-0.3, -0.25) is 4.98 Å². The largest absolute Gasteiger partial charge is 0.306 e. The van der Waals surface area contributed by atoms with Crippen LogP contribution in [0.25, 0.3) is 10.1 Å². The van der Waals surface area contributed by atoms with Gasteiger partial charge in [0.25, 0.3) is 0 Å². The lowest BCUT2D eigenvalue weighted by atomic mass is 10.1. The van der Waals surface area contributed by atoms with Gasteiger partial charge in [-0.05, 0) is 47.8 Å². The van der Waals surface area contributed by atoms with Gasteiger partial charge in [-0.1, -0.05) is 13.0 Å². The van der Waals surface area contributed by atoms with Crippen molar-refractivity contribution in [3.8, 4) is 0 Å². The predicted octanol–water partition coefficient (Wildman–Crippen LogP) is 4.13. The second-order valence-electron chi connectivity index (χ2n) is 4.61. The molecule has 0 amide bonds. The molecule has 1 unspecified atom stereocenters. The number of benzene rings is 1. The normalized spacial score (nSPS) is 12.7. The van der Waals surface area contributed by atoms with Gasteiger partial charge in [-0.15, -0.1) is 11.3 Å². The summed E-state index contributed by atoms with van der Waals surface area (Å²) in [4.78, 5) is 5.37. The number of nitrogens with zero attached hydrogens (tertiary/aromatic N) is 1. The van der Waals surface area contributed by atoms with Crippen molar-refractivity contribution in [2.24, 2.45) is 0 Å². The van der Waals surface area contributed by atoms with Crippen LogP contribution >= 0.6 is 11.3 Å². The van der Waals surface area contributed by atoms with Crippen molar-refractivity contribution in [3.63, 3.8) is 0 Å². The summed E-state index contributed by atoms with van der Waals surface area (Å²) in [6, 6.07) is 11.1. The second-order valence-corrected chi connectivity index (χ2v) is 5.72. The van der Waals surface area contributed by atoms with Crippen molar-refractivity contribution in [3.05, 3.63) is 65.0 Å². The van der Waals surface area contributed by atoms with Crippen LogP contribution in [0.2, 0.25) is 0 Å². The molecule has 0 bridgehead atoms. The summed E-state index contributed by atoms with van der Waals surface area (Å²) in [7, 11) is 0. The fourth-order valence-corrected chi connectivity index (χ4v) is 3.46. The van der Waals surface area contributed by atoms with Crippen LogP contribution in [-0.2, 0) is 0 Å². The van der Waals surface area contributed by atoms with Crippen LogP contribution < -0.4 is 5.32 Å². The average Bonchev–Trinajstić information content (AvgIpc) is 2.88. The molecule has 0 saturated carbocycles. The molecule has 0 aliphatic carbocycles. The summed E-state index contributed by atoms with van der Waals surface area (Å²) in [5.74, 6) is -0.191. The number of aromatic nitrogens is 1. The summed E-state index contributed by atoms with van der Waals surface area (Å²) in [5.41, 5.74) is 1.13. The first-order chi connectivity index (χ1) is 9.78. The Labute approximate surface area is 121 Å². The van der Waals surface area contributed by atoms with E-state index in [1.165, 1.54) is 10.9 Å².